The average Bonchev–Trinajstić information content (AvgIpc) is 3.06. The Balaban J connectivity index is 1.82. The summed E-state index contributed by atoms with van der Waals surface area (Å²) in [6.07, 6.45) is 1.49. The van der Waals surface area contributed by atoms with E-state index in [2.05, 4.69) is 4.98 Å². The number of nitrogens with zero attached hydrogens (tertiary/aromatic N) is 2. The van der Waals surface area contributed by atoms with Gasteiger partial charge in [0.25, 0.3) is 5.56 Å². The van der Waals surface area contributed by atoms with Crippen LogP contribution in [0.2, 0.25) is 0 Å². The molecule has 0 fully saturated rings. The molecule has 0 amide bonds. The van der Waals surface area contributed by atoms with Gasteiger partial charge in [-0.2, -0.15) is 0 Å². The molecule has 0 aliphatic carbocycles. The van der Waals surface area contributed by atoms with Crippen LogP contribution < -0.4 is 5.56 Å². The minimum atomic E-state index is -0.323. The summed E-state index contributed by atoms with van der Waals surface area (Å²) in [5.74, 6) is -0.631. The maximum Gasteiger partial charge on any atom is 0.263 e. The SMILES string of the molecule is Cc1ccc(-c2csc3ncn(Cc4ccc(F)cc4)c(=O)c23)cc1F. The molecule has 0 radical (unpaired) electrons. The highest BCUT2D eigenvalue weighted by molar-refractivity contribution is 7.17. The van der Waals surface area contributed by atoms with Gasteiger partial charge in [0.05, 0.1) is 18.3 Å². The number of benzene rings is 2. The summed E-state index contributed by atoms with van der Waals surface area (Å²) < 4.78 is 28.5. The Bertz CT molecular complexity index is 1160. The highest BCUT2D eigenvalue weighted by Crippen LogP contribution is 2.31. The van der Waals surface area contributed by atoms with Gasteiger partial charge in [-0.15, -0.1) is 11.3 Å². The molecule has 2 aromatic carbocycles. The van der Waals surface area contributed by atoms with Gasteiger partial charge < -0.3 is 0 Å². The van der Waals surface area contributed by atoms with Gasteiger partial charge in [0, 0.05) is 10.9 Å². The molecule has 4 rings (SSSR count). The standard InChI is InChI=1S/C20H14F2N2OS/c1-12-2-5-14(8-17(12)22)16-10-26-19-18(16)20(25)24(11-23-19)9-13-3-6-15(21)7-4-13/h2-8,10-11H,9H2,1H3. The van der Waals surface area contributed by atoms with E-state index < -0.39 is 0 Å². The van der Waals surface area contributed by atoms with Crippen molar-refractivity contribution in [2.24, 2.45) is 0 Å². The fraction of sp³-hybridized carbons (Fsp3) is 0.100. The number of fused-ring (bicyclic) bond motifs is 1. The Morgan fingerprint density at radius 3 is 2.62 bits per heavy atom. The largest absolute Gasteiger partial charge is 0.294 e. The zero-order valence-electron chi connectivity index (χ0n) is 13.9. The van der Waals surface area contributed by atoms with Gasteiger partial charge in [0.1, 0.15) is 16.5 Å². The molecule has 0 unspecified atom stereocenters. The van der Waals surface area contributed by atoms with Gasteiger partial charge >= 0.3 is 0 Å². The predicted molar refractivity (Wildman–Crippen MR) is 99.5 cm³/mol. The molecule has 0 saturated carbocycles. The first kappa shape index (κ1) is 16.6. The first-order valence-corrected chi connectivity index (χ1v) is 8.88. The fourth-order valence-corrected chi connectivity index (χ4v) is 3.75. The average molecular weight is 368 g/mol. The third-order valence-corrected chi connectivity index (χ3v) is 5.20. The van der Waals surface area contributed by atoms with Crippen LogP contribution >= 0.6 is 11.3 Å². The van der Waals surface area contributed by atoms with Crippen molar-refractivity contribution in [2.75, 3.05) is 0 Å². The molecule has 0 aliphatic heterocycles. The topological polar surface area (TPSA) is 34.9 Å². The van der Waals surface area contributed by atoms with Crippen molar-refractivity contribution < 1.29 is 8.78 Å². The van der Waals surface area contributed by atoms with Crippen molar-refractivity contribution in [3.63, 3.8) is 0 Å². The minimum Gasteiger partial charge on any atom is -0.294 e. The van der Waals surface area contributed by atoms with Crippen molar-refractivity contribution in [3.05, 3.63) is 87.3 Å². The molecule has 130 valence electrons. The van der Waals surface area contributed by atoms with E-state index in [1.54, 1.807) is 31.2 Å². The predicted octanol–water partition coefficient (Wildman–Crippen LogP) is 4.76. The number of thiophene rings is 1. The van der Waals surface area contributed by atoms with E-state index in [0.717, 1.165) is 5.56 Å². The van der Waals surface area contributed by atoms with Gasteiger partial charge in [0.2, 0.25) is 0 Å². The van der Waals surface area contributed by atoms with E-state index in [1.807, 2.05) is 5.38 Å². The molecule has 0 aliphatic rings. The van der Waals surface area contributed by atoms with Gasteiger partial charge in [-0.25, -0.2) is 13.8 Å². The zero-order chi connectivity index (χ0) is 18.3. The normalized spacial score (nSPS) is 11.2. The van der Waals surface area contributed by atoms with Gasteiger partial charge in [-0.1, -0.05) is 24.3 Å². The van der Waals surface area contributed by atoms with Gasteiger partial charge in [-0.3, -0.25) is 9.36 Å². The van der Waals surface area contributed by atoms with E-state index in [0.29, 0.717) is 33.5 Å². The van der Waals surface area contributed by atoms with Crippen LogP contribution in [0.25, 0.3) is 21.3 Å². The van der Waals surface area contributed by atoms with Gasteiger partial charge in [-0.05, 0) is 41.8 Å². The summed E-state index contributed by atoms with van der Waals surface area (Å²) in [4.78, 5) is 17.9. The Labute approximate surface area is 152 Å². The van der Waals surface area contributed by atoms with Crippen LogP contribution in [0.1, 0.15) is 11.1 Å². The molecule has 0 spiro atoms. The van der Waals surface area contributed by atoms with E-state index in [9.17, 15) is 13.6 Å². The highest BCUT2D eigenvalue weighted by Gasteiger charge is 2.14. The summed E-state index contributed by atoms with van der Waals surface area (Å²) in [6, 6.07) is 10.9. The van der Waals surface area contributed by atoms with Crippen LogP contribution in [0, 0.1) is 18.6 Å². The number of hydrogen-bond donors (Lipinski definition) is 0. The van der Waals surface area contributed by atoms with Crippen molar-refractivity contribution in [2.45, 2.75) is 13.5 Å². The monoisotopic (exact) mass is 368 g/mol. The van der Waals surface area contributed by atoms with Crippen molar-refractivity contribution in [1.29, 1.82) is 0 Å². The Kier molecular flexibility index (Phi) is 4.12. The van der Waals surface area contributed by atoms with Crippen molar-refractivity contribution in [3.8, 4) is 11.1 Å². The summed E-state index contributed by atoms with van der Waals surface area (Å²) in [6.45, 7) is 1.99. The molecule has 2 heterocycles. The number of aryl methyl sites for hydroxylation is 1. The molecule has 26 heavy (non-hydrogen) atoms. The van der Waals surface area contributed by atoms with Crippen LogP contribution in [-0.2, 0) is 6.54 Å². The summed E-state index contributed by atoms with van der Waals surface area (Å²) in [7, 11) is 0. The second-order valence-electron chi connectivity index (χ2n) is 6.10. The number of hydrogen-bond acceptors (Lipinski definition) is 3. The second kappa shape index (κ2) is 6.46. The molecule has 4 aromatic rings. The lowest BCUT2D eigenvalue weighted by Gasteiger charge is -2.07. The van der Waals surface area contributed by atoms with Crippen molar-refractivity contribution >= 4 is 21.6 Å². The smallest absolute Gasteiger partial charge is 0.263 e. The second-order valence-corrected chi connectivity index (χ2v) is 6.96. The van der Waals surface area contributed by atoms with E-state index in [4.69, 9.17) is 0 Å². The molecule has 0 N–H and O–H groups in total. The van der Waals surface area contributed by atoms with E-state index in [-0.39, 0.29) is 17.2 Å². The molecule has 0 bridgehead atoms. The number of rotatable bonds is 3. The van der Waals surface area contributed by atoms with Crippen LogP contribution in [0.5, 0.6) is 0 Å². The maximum absolute atomic E-state index is 13.9. The van der Waals surface area contributed by atoms with Crippen LogP contribution in [0.4, 0.5) is 8.78 Å². The third-order valence-electron chi connectivity index (χ3n) is 4.31. The van der Waals surface area contributed by atoms with Crippen LogP contribution in [-0.4, -0.2) is 9.55 Å². The summed E-state index contributed by atoms with van der Waals surface area (Å²) >= 11 is 1.35. The van der Waals surface area contributed by atoms with Crippen LogP contribution in [0.3, 0.4) is 0 Å². The lowest BCUT2D eigenvalue weighted by atomic mass is 10.0. The van der Waals surface area contributed by atoms with Crippen LogP contribution in [0.15, 0.2) is 59.0 Å². The quantitative estimate of drug-likeness (QED) is 0.523. The highest BCUT2D eigenvalue weighted by atomic mass is 32.1. The Morgan fingerprint density at radius 1 is 1.12 bits per heavy atom. The van der Waals surface area contributed by atoms with E-state index in [1.165, 1.54) is 40.4 Å². The Hall–Kier alpha value is -2.86. The molecule has 6 heteroatoms. The first-order chi connectivity index (χ1) is 12.5. The summed E-state index contributed by atoms with van der Waals surface area (Å²) in [5.41, 5.74) is 2.48. The molecule has 0 atom stereocenters. The molecular weight excluding hydrogens is 354 g/mol. The molecule has 3 nitrogen and oxygen atoms in total. The lowest BCUT2D eigenvalue weighted by Crippen LogP contribution is -2.21. The molecular formula is C20H14F2N2OS. The zero-order valence-corrected chi connectivity index (χ0v) is 14.7. The van der Waals surface area contributed by atoms with Gasteiger partial charge in [0.15, 0.2) is 0 Å². The maximum atomic E-state index is 13.9. The fourth-order valence-electron chi connectivity index (χ4n) is 2.84. The lowest BCUT2D eigenvalue weighted by molar-refractivity contribution is 0.619. The Morgan fingerprint density at radius 2 is 1.88 bits per heavy atom. The number of halogens is 2. The van der Waals surface area contributed by atoms with E-state index >= 15 is 0 Å². The molecule has 2 aromatic heterocycles. The summed E-state index contributed by atoms with van der Waals surface area (Å²) in [5, 5.41) is 2.30. The molecule has 0 saturated heterocycles. The third kappa shape index (κ3) is 2.93. The minimum absolute atomic E-state index is 0.198. The number of aromatic nitrogens is 2. The first-order valence-electron chi connectivity index (χ1n) is 8.00. The van der Waals surface area contributed by atoms with Crippen molar-refractivity contribution in [1.82, 2.24) is 9.55 Å².